The molecule has 0 unspecified atom stereocenters. The lowest BCUT2D eigenvalue weighted by Crippen LogP contribution is -2.39. The van der Waals surface area contributed by atoms with Gasteiger partial charge in [-0.25, -0.2) is 4.79 Å². The summed E-state index contributed by atoms with van der Waals surface area (Å²) in [6, 6.07) is 30.5. The number of rotatable bonds is 9. The van der Waals surface area contributed by atoms with Gasteiger partial charge in [0, 0.05) is 6.08 Å². The van der Waals surface area contributed by atoms with Crippen molar-refractivity contribution in [1.29, 1.82) is 0 Å². The van der Waals surface area contributed by atoms with Crippen LogP contribution in [0.5, 0.6) is 0 Å². The third kappa shape index (κ3) is 6.11. The lowest BCUT2D eigenvalue weighted by Gasteiger charge is -2.38. The molecule has 2 atom stereocenters. The van der Waals surface area contributed by atoms with E-state index in [0.717, 1.165) is 22.3 Å². The summed E-state index contributed by atoms with van der Waals surface area (Å²) in [4.78, 5) is 12.3. The maximum atomic E-state index is 12.3. The first kappa shape index (κ1) is 25.8. The van der Waals surface area contributed by atoms with Crippen LogP contribution in [-0.2, 0) is 24.6 Å². The lowest BCUT2D eigenvalue weighted by molar-refractivity contribution is -0.141. The zero-order valence-electron chi connectivity index (χ0n) is 20.9. The molecular weight excluding hydrogens is 452 g/mol. The van der Waals surface area contributed by atoms with Crippen molar-refractivity contribution in [2.45, 2.75) is 50.6 Å². The number of aliphatic hydroxyl groups is 1. The average Bonchev–Trinajstić information content (AvgIpc) is 2.90. The van der Waals surface area contributed by atoms with Gasteiger partial charge in [0.2, 0.25) is 0 Å². The molecule has 3 aromatic carbocycles. The van der Waals surface area contributed by atoms with E-state index >= 15 is 0 Å². The molecule has 3 aromatic rings. The van der Waals surface area contributed by atoms with E-state index in [-0.39, 0.29) is 31.4 Å². The van der Waals surface area contributed by atoms with E-state index in [2.05, 4.69) is 36.4 Å². The molecule has 5 nitrogen and oxygen atoms in total. The van der Waals surface area contributed by atoms with E-state index in [4.69, 9.17) is 14.2 Å². The molecule has 0 spiro atoms. The van der Waals surface area contributed by atoms with Crippen LogP contribution in [0.2, 0.25) is 0 Å². The fourth-order valence-corrected chi connectivity index (χ4v) is 4.78. The second kappa shape index (κ2) is 12.1. The number of carbonyl (C=O) groups is 1. The maximum absolute atomic E-state index is 12.3. The minimum atomic E-state index is -0.861. The molecule has 0 amide bonds. The van der Waals surface area contributed by atoms with Gasteiger partial charge in [0.15, 0.2) is 0 Å². The lowest BCUT2D eigenvalue weighted by atomic mass is 9.80. The van der Waals surface area contributed by atoms with Gasteiger partial charge in [-0.2, -0.15) is 0 Å². The number of aliphatic hydroxyl groups excluding tert-OH is 1. The highest BCUT2D eigenvalue weighted by molar-refractivity contribution is 5.83. The molecule has 0 aromatic heterocycles. The largest absolute Gasteiger partial charge is 0.460 e. The molecule has 0 bridgehead atoms. The van der Waals surface area contributed by atoms with Crippen molar-refractivity contribution >= 4 is 5.97 Å². The third-order valence-corrected chi connectivity index (χ3v) is 6.27. The van der Waals surface area contributed by atoms with Crippen LogP contribution in [-0.4, -0.2) is 42.6 Å². The first-order valence-electron chi connectivity index (χ1n) is 12.5. The molecule has 188 valence electrons. The third-order valence-electron chi connectivity index (χ3n) is 6.27. The van der Waals surface area contributed by atoms with Crippen LogP contribution < -0.4 is 0 Å². The van der Waals surface area contributed by atoms with E-state index in [1.807, 2.05) is 68.4 Å². The molecule has 0 aliphatic carbocycles. The predicted octanol–water partition coefficient (Wildman–Crippen LogP) is 5.41. The summed E-state index contributed by atoms with van der Waals surface area (Å²) in [5.41, 5.74) is 3.05. The highest BCUT2D eigenvalue weighted by Crippen LogP contribution is 2.41. The van der Waals surface area contributed by atoms with Crippen LogP contribution in [0.15, 0.2) is 103 Å². The number of ether oxygens (including phenoxy) is 3. The fourth-order valence-electron chi connectivity index (χ4n) is 4.78. The Bertz CT molecular complexity index is 1030. The Balaban J connectivity index is 1.68. The minimum Gasteiger partial charge on any atom is -0.460 e. The normalized spacial score (nSPS) is 19.4. The van der Waals surface area contributed by atoms with Gasteiger partial charge in [0.05, 0.1) is 31.5 Å². The number of esters is 1. The molecule has 1 N–H and O–H groups in total. The maximum Gasteiger partial charge on any atom is 0.330 e. The van der Waals surface area contributed by atoms with Gasteiger partial charge in [-0.15, -0.1) is 0 Å². The molecule has 5 heteroatoms. The first-order chi connectivity index (χ1) is 17.5. The SMILES string of the molecule is CC(C)OC(=O)/C=C1\C[C@@H](COC(c2ccccc2)(c2ccccc2)c2ccccc2)O[C@@H](CO)C1. The summed E-state index contributed by atoms with van der Waals surface area (Å²) in [6.07, 6.45) is 1.64. The zero-order valence-corrected chi connectivity index (χ0v) is 20.9. The molecule has 1 fully saturated rings. The average molecular weight is 487 g/mol. The van der Waals surface area contributed by atoms with Crippen LogP contribution in [0.25, 0.3) is 0 Å². The Hall–Kier alpha value is -3.25. The quantitative estimate of drug-likeness (QED) is 0.249. The van der Waals surface area contributed by atoms with Gasteiger partial charge >= 0.3 is 5.97 Å². The standard InChI is InChI=1S/C31H34O5/c1-23(2)35-30(33)20-24-18-28(21-32)36-29(19-24)22-34-31(25-12-6-3-7-13-25,26-14-8-4-9-15-26)27-16-10-5-11-17-27/h3-17,20,23,28-29,32H,18-19,21-22H2,1-2H3/b24-20-/t28-,29+/m1/s1. The monoisotopic (exact) mass is 486 g/mol. The molecule has 1 heterocycles. The van der Waals surface area contributed by atoms with E-state index < -0.39 is 11.7 Å². The Morgan fingerprint density at radius 2 is 1.36 bits per heavy atom. The molecule has 1 saturated heterocycles. The van der Waals surface area contributed by atoms with E-state index in [1.165, 1.54) is 6.08 Å². The fraction of sp³-hybridized carbons (Fsp3) is 0.323. The van der Waals surface area contributed by atoms with Gasteiger partial charge in [0.25, 0.3) is 0 Å². The summed E-state index contributed by atoms with van der Waals surface area (Å²) in [7, 11) is 0. The smallest absolute Gasteiger partial charge is 0.330 e. The van der Waals surface area contributed by atoms with Crippen LogP contribution in [0.1, 0.15) is 43.4 Å². The topological polar surface area (TPSA) is 65.0 Å². The molecule has 1 aliphatic heterocycles. The first-order valence-corrected chi connectivity index (χ1v) is 12.5. The number of hydrogen-bond donors (Lipinski definition) is 1. The van der Waals surface area contributed by atoms with E-state index in [9.17, 15) is 9.90 Å². The Morgan fingerprint density at radius 1 is 0.889 bits per heavy atom. The van der Waals surface area contributed by atoms with E-state index in [1.54, 1.807) is 0 Å². The molecule has 0 radical (unpaired) electrons. The van der Waals surface area contributed by atoms with Crippen molar-refractivity contribution < 1.29 is 24.1 Å². The molecular formula is C31H34O5. The highest BCUT2D eigenvalue weighted by Gasteiger charge is 2.39. The Kier molecular flexibility index (Phi) is 8.70. The van der Waals surface area contributed by atoms with Crippen molar-refractivity contribution in [3.63, 3.8) is 0 Å². The number of benzene rings is 3. The van der Waals surface area contributed by atoms with Crippen molar-refractivity contribution in [2.75, 3.05) is 13.2 Å². The predicted molar refractivity (Wildman–Crippen MR) is 139 cm³/mol. The van der Waals surface area contributed by atoms with Crippen molar-refractivity contribution in [2.24, 2.45) is 0 Å². The Morgan fingerprint density at radius 3 is 1.81 bits per heavy atom. The molecule has 0 saturated carbocycles. The number of carbonyl (C=O) groups excluding carboxylic acids is 1. The van der Waals surface area contributed by atoms with Gasteiger partial charge in [-0.3, -0.25) is 0 Å². The van der Waals surface area contributed by atoms with Crippen LogP contribution >= 0.6 is 0 Å². The van der Waals surface area contributed by atoms with Crippen molar-refractivity contribution in [3.8, 4) is 0 Å². The molecule has 1 aliphatic rings. The van der Waals surface area contributed by atoms with Gasteiger partial charge in [-0.1, -0.05) is 96.6 Å². The second-order valence-electron chi connectivity index (χ2n) is 9.35. The van der Waals surface area contributed by atoms with Crippen LogP contribution in [0.4, 0.5) is 0 Å². The summed E-state index contributed by atoms with van der Waals surface area (Å²) in [5.74, 6) is -0.370. The molecule has 36 heavy (non-hydrogen) atoms. The van der Waals surface area contributed by atoms with Gasteiger partial charge in [-0.05, 0) is 43.4 Å². The second-order valence-corrected chi connectivity index (χ2v) is 9.35. The minimum absolute atomic E-state index is 0.131. The van der Waals surface area contributed by atoms with Gasteiger partial charge < -0.3 is 19.3 Å². The van der Waals surface area contributed by atoms with Gasteiger partial charge in [0.1, 0.15) is 5.60 Å². The summed E-state index contributed by atoms with van der Waals surface area (Å²) in [5, 5.41) is 9.86. The summed E-state index contributed by atoms with van der Waals surface area (Å²) >= 11 is 0. The molecule has 4 rings (SSSR count). The van der Waals surface area contributed by atoms with E-state index in [0.29, 0.717) is 12.8 Å². The summed E-state index contributed by atoms with van der Waals surface area (Å²) in [6.45, 7) is 3.79. The zero-order chi connectivity index (χ0) is 25.4. The Labute approximate surface area is 213 Å². The van der Waals surface area contributed by atoms with Crippen LogP contribution in [0, 0.1) is 0 Å². The van der Waals surface area contributed by atoms with Crippen molar-refractivity contribution in [3.05, 3.63) is 119 Å². The van der Waals surface area contributed by atoms with Crippen molar-refractivity contribution in [1.82, 2.24) is 0 Å². The summed E-state index contributed by atoms with van der Waals surface area (Å²) < 4.78 is 18.3. The number of hydrogen-bond acceptors (Lipinski definition) is 5. The van der Waals surface area contributed by atoms with Crippen LogP contribution in [0.3, 0.4) is 0 Å². The highest BCUT2D eigenvalue weighted by atomic mass is 16.6.